The van der Waals surface area contributed by atoms with Crippen LogP contribution in [0.1, 0.15) is 12.0 Å². The van der Waals surface area contributed by atoms with E-state index in [1.165, 1.54) is 11.4 Å². The molecule has 0 saturated heterocycles. The van der Waals surface area contributed by atoms with Crippen LogP contribution in [-0.2, 0) is 16.4 Å². The molecule has 0 saturated carbocycles. The minimum absolute atomic E-state index is 0.0104. The summed E-state index contributed by atoms with van der Waals surface area (Å²) in [4.78, 5) is 3.87. The highest BCUT2D eigenvalue weighted by Gasteiger charge is 2.17. The van der Waals surface area contributed by atoms with Gasteiger partial charge in [0.25, 0.3) is 0 Å². The molecule has 0 aliphatic heterocycles. The van der Waals surface area contributed by atoms with Gasteiger partial charge in [-0.2, -0.15) is 0 Å². The van der Waals surface area contributed by atoms with E-state index >= 15 is 0 Å². The van der Waals surface area contributed by atoms with Gasteiger partial charge >= 0.3 is 0 Å². The van der Waals surface area contributed by atoms with Crippen LogP contribution >= 0.6 is 0 Å². The van der Waals surface area contributed by atoms with Crippen LogP contribution in [0.4, 0.5) is 0 Å². The molecule has 0 fully saturated rings. The van der Waals surface area contributed by atoms with E-state index in [0.717, 1.165) is 5.56 Å². The van der Waals surface area contributed by atoms with E-state index in [9.17, 15) is 8.42 Å². The van der Waals surface area contributed by atoms with Crippen molar-refractivity contribution in [3.8, 4) is 0 Å². The largest absolute Gasteiger partial charge is 0.409 e. The standard InChI is InChI=1S/C11H18N4O3S/c1-15(8-4-11(12)14-16)19(17,18)9-5-10-2-6-13-7-3-10/h2-3,6-7,16H,4-5,8-9H2,1H3,(H2,12,14). The Labute approximate surface area is 112 Å². The third-order valence-corrected chi connectivity index (χ3v) is 4.54. The van der Waals surface area contributed by atoms with Gasteiger partial charge in [-0.25, -0.2) is 12.7 Å². The van der Waals surface area contributed by atoms with Gasteiger partial charge in [0.15, 0.2) is 0 Å². The minimum Gasteiger partial charge on any atom is -0.409 e. The number of aryl methyl sites for hydroxylation is 1. The van der Waals surface area contributed by atoms with E-state index < -0.39 is 10.0 Å². The predicted octanol–water partition coefficient (Wildman–Crippen LogP) is 0.0222. The van der Waals surface area contributed by atoms with E-state index in [1.807, 2.05) is 0 Å². The van der Waals surface area contributed by atoms with Crippen LogP contribution in [0.3, 0.4) is 0 Å². The lowest BCUT2D eigenvalue weighted by Gasteiger charge is -2.16. The van der Waals surface area contributed by atoms with Gasteiger partial charge in [-0.1, -0.05) is 5.16 Å². The fourth-order valence-corrected chi connectivity index (χ4v) is 2.59. The van der Waals surface area contributed by atoms with Crippen LogP contribution in [0.25, 0.3) is 0 Å². The van der Waals surface area contributed by atoms with Crippen molar-refractivity contribution in [2.24, 2.45) is 10.9 Å². The van der Waals surface area contributed by atoms with Crippen LogP contribution < -0.4 is 5.73 Å². The summed E-state index contributed by atoms with van der Waals surface area (Å²) in [5.41, 5.74) is 6.22. The Hall–Kier alpha value is -1.67. The lowest BCUT2D eigenvalue weighted by Crippen LogP contribution is -2.33. The van der Waals surface area contributed by atoms with Crippen LogP contribution in [0, 0.1) is 0 Å². The Morgan fingerprint density at radius 1 is 1.47 bits per heavy atom. The second-order valence-corrected chi connectivity index (χ2v) is 6.28. The molecule has 8 heteroatoms. The first-order valence-electron chi connectivity index (χ1n) is 5.75. The number of amidine groups is 1. The van der Waals surface area contributed by atoms with Crippen molar-refractivity contribution in [3.63, 3.8) is 0 Å². The molecule has 0 amide bonds. The molecule has 0 aliphatic carbocycles. The lowest BCUT2D eigenvalue weighted by molar-refractivity contribution is 0.316. The normalized spacial score (nSPS) is 12.8. The van der Waals surface area contributed by atoms with E-state index in [-0.39, 0.29) is 24.6 Å². The molecule has 19 heavy (non-hydrogen) atoms. The fourth-order valence-electron chi connectivity index (χ4n) is 1.41. The second kappa shape index (κ2) is 7.05. The topological polar surface area (TPSA) is 109 Å². The Morgan fingerprint density at radius 3 is 2.68 bits per heavy atom. The van der Waals surface area contributed by atoms with Gasteiger partial charge in [0.05, 0.1) is 5.75 Å². The summed E-state index contributed by atoms with van der Waals surface area (Å²) in [7, 11) is -1.86. The molecule has 0 aromatic carbocycles. The van der Waals surface area contributed by atoms with Crippen molar-refractivity contribution in [3.05, 3.63) is 30.1 Å². The van der Waals surface area contributed by atoms with Crippen LogP contribution in [-0.4, -0.2) is 48.1 Å². The summed E-state index contributed by atoms with van der Waals surface area (Å²) >= 11 is 0. The number of oxime groups is 1. The van der Waals surface area contributed by atoms with Crippen LogP contribution in [0.2, 0.25) is 0 Å². The maximum atomic E-state index is 12.0. The van der Waals surface area contributed by atoms with E-state index in [2.05, 4.69) is 10.1 Å². The Bertz CT molecular complexity index is 516. The number of pyridine rings is 1. The number of rotatable bonds is 7. The third kappa shape index (κ3) is 5.23. The molecule has 1 heterocycles. The van der Waals surface area contributed by atoms with Crippen LogP contribution in [0.15, 0.2) is 29.7 Å². The average molecular weight is 286 g/mol. The first-order valence-corrected chi connectivity index (χ1v) is 7.36. The monoisotopic (exact) mass is 286 g/mol. The zero-order chi connectivity index (χ0) is 14.3. The molecule has 0 spiro atoms. The van der Waals surface area contributed by atoms with Crippen molar-refractivity contribution < 1.29 is 13.6 Å². The van der Waals surface area contributed by atoms with E-state index in [0.29, 0.717) is 6.42 Å². The smallest absolute Gasteiger partial charge is 0.214 e. The summed E-state index contributed by atoms with van der Waals surface area (Å²) in [5.74, 6) is 0.0279. The van der Waals surface area contributed by atoms with Gasteiger partial charge in [-0.3, -0.25) is 4.98 Å². The van der Waals surface area contributed by atoms with Crippen molar-refractivity contribution >= 4 is 15.9 Å². The predicted molar refractivity (Wildman–Crippen MR) is 72.4 cm³/mol. The van der Waals surface area contributed by atoms with Crippen molar-refractivity contribution in [1.82, 2.24) is 9.29 Å². The lowest BCUT2D eigenvalue weighted by atomic mass is 10.2. The molecule has 0 atom stereocenters. The SMILES string of the molecule is CN(CC/C(N)=N/O)S(=O)(=O)CCc1ccncc1. The third-order valence-electron chi connectivity index (χ3n) is 2.68. The first kappa shape index (κ1) is 15.4. The van der Waals surface area contributed by atoms with Gasteiger partial charge in [0, 0.05) is 32.4 Å². The molecule has 1 rings (SSSR count). The van der Waals surface area contributed by atoms with Crippen molar-refractivity contribution in [2.45, 2.75) is 12.8 Å². The average Bonchev–Trinajstić information content (AvgIpc) is 2.43. The van der Waals surface area contributed by atoms with Gasteiger partial charge < -0.3 is 10.9 Å². The van der Waals surface area contributed by atoms with Crippen molar-refractivity contribution in [1.29, 1.82) is 0 Å². The molecule has 0 aliphatic rings. The highest BCUT2D eigenvalue weighted by atomic mass is 32.2. The first-order chi connectivity index (χ1) is 8.95. The maximum Gasteiger partial charge on any atom is 0.214 e. The molecule has 7 nitrogen and oxygen atoms in total. The number of sulfonamides is 1. The van der Waals surface area contributed by atoms with Gasteiger partial charge in [-0.15, -0.1) is 0 Å². The Kier molecular flexibility index (Phi) is 5.71. The summed E-state index contributed by atoms with van der Waals surface area (Å²) in [6, 6.07) is 3.57. The maximum absolute atomic E-state index is 12.0. The van der Waals surface area contributed by atoms with E-state index in [1.54, 1.807) is 24.5 Å². The molecular formula is C11H18N4O3S. The van der Waals surface area contributed by atoms with Crippen LogP contribution in [0.5, 0.6) is 0 Å². The molecular weight excluding hydrogens is 268 g/mol. The molecule has 106 valence electrons. The number of nitrogens with two attached hydrogens (primary N) is 1. The summed E-state index contributed by atoms with van der Waals surface area (Å²) in [6.45, 7) is 0.189. The fraction of sp³-hybridized carbons (Fsp3) is 0.455. The minimum atomic E-state index is -3.34. The summed E-state index contributed by atoms with van der Waals surface area (Å²) < 4.78 is 25.2. The molecule has 0 unspecified atom stereocenters. The Morgan fingerprint density at radius 2 is 2.11 bits per heavy atom. The Balaban J connectivity index is 2.51. The van der Waals surface area contributed by atoms with Gasteiger partial charge in [0.1, 0.15) is 5.84 Å². The number of aromatic nitrogens is 1. The van der Waals surface area contributed by atoms with Gasteiger partial charge in [0.2, 0.25) is 10.0 Å². The zero-order valence-corrected chi connectivity index (χ0v) is 11.5. The molecule has 1 aromatic rings. The zero-order valence-electron chi connectivity index (χ0n) is 10.7. The quantitative estimate of drug-likeness (QED) is 0.318. The number of hydrogen-bond acceptors (Lipinski definition) is 5. The number of nitrogens with zero attached hydrogens (tertiary/aromatic N) is 3. The molecule has 3 N–H and O–H groups in total. The summed E-state index contributed by atoms with van der Waals surface area (Å²) in [6.07, 6.45) is 3.88. The summed E-state index contributed by atoms with van der Waals surface area (Å²) in [5, 5.41) is 11.2. The second-order valence-electron chi connectivity index (χ2n) is 4.08. The molecule has 0 bridgehead atoms. The highest BCUT2D eigenvalue weighted by Crippen LogP contribution is 2.05. The molecule has 0 radical (unpaired) electrons. The van der Waals surface area contributed by atoms with Gasteiger partial charge in [-0.05, 0) is 24.1 Å². The molecule has 1 aromatic heterocycles. The number of hydrogen-bond donors (Lipinski definition) is 2. The highest BCUT2D eigenvalue weighted by molar-refractivity contribution is 7.89. The van der Waals surface area contributed by atoms with Crippen molar-refractivity contribution in [2.75, 3.05) is 19.3 Å². The van der Waals surface area contributed by atoms with E-state index in [4.69, 9.17) is 10.9 Å².